The molecule has 2 aliphatic rings. The second-order valence-electron chi connectivity index (χ2n) is 9.09. The fourth-order valence-electron chi connectivity index (χ4n) is 4.70. The summed E-state index contributed by atoms with van der Waals surface area (Å²) in [5, 5.41) is 4.51. The normalized spacial score (nSPS) is 18.2. The van der Waals surface area contributed by atoms with E-state index in [4.69, 9.17) is 23.2 Å². The van der Waals surface area contributed by atoms with Gasteiger partial charge in [0.2, 0.25) is 5.91 Å². The molecular weight excluding hydrogens is 516 g/mol. The molecule has 1 fully saturated rings. The highest BCUT2D eigenvalue weighted by Gasteiger charge is 2.32. The average Bonchev–Trinajstić information content (AvgIpc) is 3.16. The van der Waals surface area contributed by atoms with Crippen LogP contribution in [0.1, 0.15) is 55.8 Å². The van der Waals surface area contributed by atoms with Crippen molar-refractivity contribution in [3.05, 3.63) is 51.4 Å². The molecule has 0 radical (unpaired) electrons. The Balaban J connectivity index is 0.00000204. The third-order valence-corrected chi connectivity index (χ3v) is 7.07. The predicted molar refractivity (Wildman–Crippen MR) is 144 cm³/mol. The standard InChI is InChI=1S/C24H31Cl2N5O.2ClH/c1-15(2)27-13-19(18-6-5-17(25)12-20(18)26)24(32)31-10-8-30(9-11-31)23-22-16(3)4-7-21(22)28-14-29-23;;/h5-6,12,14-16,19,27H,4,7-11,13H2,1-3H3;2*1H/t16-,19?;;/m1../s1. The lowest BCUT2D eigenvalue weighted by molar-refractivity contribution is -0.133. The number of amides is 1. The van der Waals surface area contributed by atoms with Crippen molar-refractivity contribution in [2.45, 2.75) is 51.5 Å². The summed E-state index contributed by atoms with van der Waals surface area (Å²) < 4.78 is 0. The average molecular weight is 549 g/mol. The van der Waals surface area contributed by atoms with E-state index in [-0.39, 0.29) is 42.7 Å². The first-order valence-electron chi connectivity index (χ1n) is 11.4. The summed E-state index contributed by atoms with van der Waals surface area (Å²) in [6.45, 7) is 9.79. The molecule has 0 bridgehead atoms. The zero-order chi connectivity index (χ0) is 22.8. The molecule has 1 aliphatic heterocycles. The van der Waals surface area contributed by atoms with E-state index in [9.17, 15) is 4.79 Å². The van der Waals surface area contributed by atoms with Gasteiger partial charge in [-0.15, -0.1) is 24.8 Å². The van der Waals surface area contributed by atoms with Crippen molar-refractivity contribution < 1.29 is 4.79 Å². The minimum absolute atomic E-state index is 0. The number of hydrogen-bond donors (Lipinski definition) is 1. The molecule has 0 spiro atoms. The van der Waals surface area contributed by atoms with Gasteiger partial charge in [-0.25, -0.2) is 9.97 Å². The summed E-state index contributed by atoms with van der Waals surface area (Å²) in [4.78, 5) is 26.9. The van der Waals surface area contributed by atoms with Gasteiger partial charge in [0.15, 0.2) is 0 Å². The first kappa shape index (κ1) is 28.9. The Morgan fingerprint density at radius 3 is 2.50 bits per heavy atom. The third-order valence-electron chi connectivity index (χ3n) is 6.51. The smallest absolute Gasteiger partial charge is 0.231 e. The highest BCUT2D eigenvalue weighted by Crippen LogP contribution is 2.37. The molecule has 1 amide bonds. The lowest BCUT2D eigenvalue weighted by Crippen LogP contribution is -2.51. The maximum Gasteiger partial charge on any atom is 0.231 e. The summed E-state index contributed by atoms with van der Waals surface area (Å²) in [7, 11) is 0. The summed E-state index contributed by atoms with van der Waals surface area (Å²) in [5.41, 5.74) is 3.29. The first-order chi connectivity index (χ1) is 15.3. The highest BCUT2D eigenvalue weighted by molar-refractivity contribution is 6.35. The molecule has 10 heteroatoms. The van der Waals surface area contributed by atoms with Crippen LogP contribution in [0.5, 0.6) is 0 Å². The van der Waals surface area contributed by atoms with E-state index in [2.05, 4.69) is 41.0 Å². The van der Waals surface area contributed by atoms with Crippen molar-refractivity contribution in [2.75, 3.05) is 37.6 Å². The predicted octanol–water partition coefficient (Wildman–Crippen LogP) is 5.11. The van der Waals surface area contributed by atoms with Crippen LogP contribution in [0.2, 0.25) is 10.0 Å². The molecule has 6 nitrogen and oxygen atoms in total. The van der Waals surface area contributed by atoms with Crippen molar-refractivity contribution in [1.82, 2.24) is 20.2 Å². The van der Waals surface area contributed by atoms with Gasteiger partial charge in [-0.1, -0.05) is 50.0 Å². The second kappa shape index (κ2) is 12.6. The molecule has 1 aromatic heterocycles. The van der Waals surface area contributed by atoms with Gasteiger partial charge in [-0.3, -0.25) is 4.79 Å². The number of aromatic nitrogens is 2. The highest BCUT2D eigenvalue weighted by atomic mass is 35.5. The second-order valence-corrected chi connectivity index (χ2v) is 9.93. The number of hydrogen-bond acceptors (Lipinski definition) is 5. The van der Waals surface area contributed by atoms with Crippen LogP contribution in [0, 0.1) is 0 Å². The maximum atomic E-state index is 13.6. The monoisotopic (exact) mass is 547 g/mol. The molecule has 2 heterocycles. The van der Waals surface area contributed by atoms with Gasteiger partial charge in [0.05, 0.1) is 5.92 Å². The maximum absolute atomic E-state index is 13.6. The number of carbonyl (C=O) groups is 1. The summed E-state index contributed by atoms with van der Waals surface area (Å²) in [5.74, 6) is 1.28. The Bertz CT molecular complexity index is 982. The van der Waals surface area contributed by atoms with Gasteiger partial charge in [-0.2, -0.15) is 0 Å². The van der Waals surface area contributed by atoms with Gasteiger partial charge in [0.1, 0.15) is 12.1 Å². The van der Waals surface area contributed by atoms with Crippen LogP contribution in [0.4, 0.5) is 5.82 Å². The van der Waals surface area contributed by atoms with Crippen molar-refractivity contribution in [2.24, 2.45) is 0 Å². The molecule has 34 heavy (non-hydrogen) atoms. The largest absolute Gasteiger partial charge is 0.353 e. The molecule has 1 aliphatic carbocycles. The van der Waals surface area contributed by atoms with E-state index in [1.165, 1.54) is 11.3 Å². The zero-order valence-electron chi connectivity index (χ0n) is 19.8. The van der Waals surface area contributed by atoms with Crippen molar-refractivity contribution in [1.29, 1.82) is 0 Å². The Kier molecular flexibility index (Phi) is 10.7. The lowest BCUT2D eigenvalue weighted by atomic mass is 9.96. The Morgan fingerprint density at radius 2 is 1.85 bits per heavy atom. The first-order valence-corrected chi connectivity index (χ1v) is 12.2. The fraction of sp³-hybridized carbons (Fsp3) is 0.542. The van der Waals surface area contributed by atoms with Crippen LogP contribution in [-0.2, 0) is 11.2 Å². The number of rotatable bonds is 6. The summed E-state index contributed by atoms with van der Waals surface area (Å²) in [6.07, 6.45) is 3.84. The van der Waals surface area contributed by atoms with Crippen LogP contribution < -0.4 is 10.2 Å². The van der Waals surface area contributed by atoms with E-state index < -0.39 is 0 Å². The number of benzene rings is 1. The van der Waals surface area contributed by atoms with E-state index in [0.29, 0.717) is 35.6 Å². The lowest BCUT2D eigenvalue weighted by Gasteiger charge is -2.38. The molecule has 1 aromatic carbocycles. The van der Waals surface area contributed by atoms with Crippen LogP contribution in [0.15, 0.2) is 24.5 Å². The van der Waals surface area contributed by atoms with Gasteiger partial charge in [0.25, 0.3) is 0 Å². The Hall–Kier alpha value is -1.31. The molecule has 4 rings (SSSR count). The van der Waals surface area contributed by atoms with E-state index >= 15 is 0 Å². The molecule has 1 N–H and O–H groups in total. The molecule has 1 saturated heterocycles. The Labute approximate surface area is 224 Å². The van der Waals surface area contributed by atoms with Crippen LogP contribution in [0.3, 0.4) is 0 Å². The Morgan fingerprint density at radius 1 is 1.15 bits per heavy atom. The van der Waals surface area contributed by atoms with Crippen molar-refractivity contribution in [3.63, 3.8) is 0 Å². The fourth-order valence-corrected chi connectivity index (χ4v) is 5.24. The molecule has 2 aromatic rings. The zero-order valence-corrected chi connectivity index (χ0v) is 22.9. The van der Waals surface area contributed by atoms with Gasteiger partial charge in [0, 0.05) is 60.1 Å². The molecule has 188 valence electrons. The van der Waals surface area contributed by atoms with E-state index in [1.54, 1.807) is 18.5 Å². The van der Waals surface area contributed by atoms with Crippen LogP contribution >= 0.6 is 48.0 Å². The number of nitrogens with zero attached hydrogens (tertiary/aromatic N) is 4. The van der Waals surface area contributed by atoms with E-state index in [1.807, 2.05) is 11.0 Å². The third kappa shape index (κ3) is 6.27. The van der Waals surface area contributed by atoms with Gasteiger partial charge >= 0.3 is 0 Å². The SMILES string of the molecule is CC(C)NCC(C(=O)N1CCN(c2ncnc3c2[C@H](C)CC3)CC1)c1ccc(Cl)cc1Cl.Cl.Cl. The van der Waals surface area contributed by atoms with E-state index in [0.717, 1.165) is 37.3 Å². The van der Waals surface area contributed by atoms with Crippen LogP contribution in [0.25, 0.3) is 0 Å². The summed E-state index contributed by atoms with van der Waals surface area (Å²) in [6, 6.07) is 5.66. The van der Waals surface area contributed by atoms with Gasteiger partial charge < -0.3 is 15.1 Å². The number of carbonyl (C=O) groups excluding carboxylic acids is 1. The molecule has 0 saturated carbocycles. The molecule has 2 atom stereocenters. The van der Waals surface area contributed by atoms with Crippen molar-refractivity contribution >= 4 is 59.7 Å². The minimum Gasteiger partial charge on any atom is -0.353 e. The number of halogens is 4. The quantitative estimate of drug-likeness (QED) is 0.543. The number of anilines is 1. The summed E-state index contributed by atoms with van der Waals surface area (Å²) >= 11 is 12.6. The number of piperazine rings is 1. The molecular formula is C24H33Cl4N5O. The van der Waals surface area contributed by atoms with Crippen molar-refractivity contribution in [3.8, 4) is 0 Å². The topological polar surface area (TPSA) is 61.4 Å². The number of nitrogens with one attached hydrogen (secondary N) is 1. The molecule has 1 unspecified atom stereocenters. The van der Waals surface area contributed by atoms with Gasteiger partial charge in [-0.05, 0) is 36.5 Å². The number of fused-ring (bicyclic) bond motifs is 1. The van der Waals surface area contributed by atoms with Crippen LogP contribution in [-0.4, -0.2) is 59.5 Å². The minimum atomic E-state index is -0.350. The number of aryl methyl sites for hydroxylation is 1.